The maximum absolute atomic E-state index is 11.8. The van der Waals surface area contributed by atoms with Crippen LogP contribution in [0.4, 0.5) is 13.2 Å². The van der Waals surface area contributed by atoms with E-state index in [-0.39, 0.29) is 6.61 Å². The lowest BCUT2D eigenvalue weighted by Gasteiger charge is -2.33. The lowest BCUT2D eigenvalue weighted by Crippen LogP contribution is -2.55. The monoisotopic (exact) mass is 270 g/mol. The van der Waals surface area contributed by atoms with E-state index < -0.39 is 24.8 Å². The van der Waals surface area contributed by atoms with Crippen molar-refractivity contribution in [3.8, 4) is 0 Å². The predicted octanol–water partition coefficient (Wildman–Crippen LogP) is 0.314. The van der Waals surface area contributed by atoms with Gasteiger partial charge in [0, 0.05) is 32.8 Å². The van der Waals surface area contributed by atoms with Crippen molar-refractivity contribution in [1.29, 1.82) is 0 Å². The molecule has 1 aliphatic rings. The van der Waals surface area contributed by atoms with Crippen molar-refractivity contribution in [2.75, 3.05) is 39.4 Å². The molecule has 1 heterocycles. The number of aliphatic carboxylic acids is 1. The van der Waals surface area contributed by atoms with Crippen molar-refractivity contribution in [3.05, 3.63) is 0 Å². The molecule has 0 bridgehead atoms. The average molecular weight is 270 g/mol. The van der Waals surface area contributed by atoms with Gasteiger partial charge in [-0.05, 0) is 6.42 Å². The molecule has 5 nitrogen and oxygen atoms in total. The van der Waals surface area contributed by atoms with Gasteiger partial charge in [0.25, 0.3) is 0 Å². The molecular weight excluding hydrogens is 253 g/mol. The molecular formula is C10H17F3N2O3. The molecule has 18 heavy (non-hydrogen) atoms. The van der Waals surface area contributed by atoms with Gasteiger partial charge >= 0.3 is 12.1 Å². The number of alkyl halides is 3. The molecule has 0 aromatic heterocycles. The van der Waals surface area contributed by atoms with Crippen LogP contribution in [0.2, 0.25) is 0 Å². The molecule has 0 spiro atoms. The first-order valence-electron chi connectivity index (χ1n) is 5.72. The van der Waals surface area contributed by atoms with E-state index in [1.54, 1.807) is 4.90 Å². The zero-order chi connectivity index (χ0) is 13.6. The maximum Gasteiger partial charge on any atom is 0.411 e. The van der Waals surface area contributed by atoms with Crippen molar-refractivity contribution in [3.63, 3.8) is 0 Å². The third-order valence-corrected chi connectivity index (χ3v) is 2.64. The van der Waals surface area contributed by atoms with E-state index in [1.165, 1.54) is 0 Å². The van der Waals surface area contributed by atoms with Gasteiger partial charge in [0.2, 0.25) is 0 Å². The zero-order valence-electron chi connectivity index (χ0n) is 9.87. The van der Waals surface area contributed by atoms with Crippen molar-refractivity contribution < 1.29 is 27.8 Å². The number of hydrogen-bond donors (Lipinski definition) is 2. The number of halogens is 3. The Labute approximate surface area is 103 Å². The van der Waals surface area contributed by atoms with Crippen LogP contribution in [-0.4, -0.2) is 67.6 Å². The summed E-state index contributed by atoms with van der Waals surface area (Å²) in [6.07, 6.45) is -3.92. The third kappa shape index (κ3) is 5.65. The smallest absolute Gasteiger partial charge is 0.411 e. The molecule has 1 atom stereocenters. The van der Waals surface area contributed by atoms with Gasteiger partial charge < -0.3 is 15.2 Å². The number of nitrogens with zero attached hydrogens (tertiary/aromatic N) is 1. The van der Waals surface area contributed by atoms with Crippen molar-refractivity contribution in [2.24, 2.45) is 0 Å². The highest BCUT2D eigenvalue weighted by Gasteiger charge is 2.29. The molecule has 0 aliphatic carbocycles. The predicted molar refractivity (Wildman–Crippen MR) is 57.4 cm³/mol. The quantitative estimate of drug-likeness (QED) is 0.680. The van der Waals surface area contributed by atoms with Gasteiger partial charge in [0.05, 0.1) is 0 Å². The second kappa shape index (κ2) is 6.91. The van der Waals surface area contributed by atoms with Gasteiger partial charge in [-0.25, -0.2) is 0 Å². The summed E-state index contributed by atoms with van der Waals surface area (Å²) in [6, 6.07) is -0.610. The van der Waals surface area contributed by atoms with Gasteiger partial charge in [0.1, 0.15) is 12.6 Å². The Morgan fingerprint density at radius 3 is 2.83 bits per heavy atom. The fraction of sp³-hybridized carbons (Fsp3) is 0.900. The summed E-state index contributed by atoms with van der Waals surface area (Å²) < 4.78 is 39.8. The summed E-state index contributed by atoms with van der Waals surface area (Å²) in [5, 5.41) is 11.9. The minimum absolute atomic E-state index is 0.0181. The number of ether oxygens (including phenoxy) is 1. The molecule has 0 aromatic carbocycles. The average Bonchev–Trinajstić information content (AvgIpc) is 2.27. The molecule has 106 valence electrons. The van der Waals surface area contributed by atoms with Crippen LogP contribution in [0.25, 0.3) is 0 Å². The standard InChI is InChI=1S/C10H17F3N2O3/c11-10(12,13)7-18-5-1-3-15-4-2-14-6-8(15)9(16)17/h8,14H,1-7H2,(H,16,17). The van der Waals surface area contributed by atoms with Gasteiger partial charge in [-0.2, -0.15) is 13.2 Å². The minimum Gasteiger partial charge on any atom is -0.480 e. The normalized spacial score (nSPS) is 22.1. The van der Waals surface area contributed by atoms with E-state index >= 15 is 0 Å². The number of carbonyl (C=O) groups is 1. The third-order valence-electron chi connectivity index (χ3n) is 2.64. The van der Waals surface area contributed by atoms with Crippen LogP contribution < -0.4 is 5.32 Å². The van der Waals surface area contributed by atoms with E-state index in [0.29, 0.717) is 32.6 Å². The molecule has 1 fully saturated rings. The van der Waals surface area contributed by atoms with Crippen LogP contribution >= 0.6 is 0 Å². The number of rotatable bonds is 6. The summed E-state index contributed by atoms with van der Waals surface area (Å²) in [6.45, 7) is 0.783. The summed E-state index contributed by atoms with van der Waals surface area (Å²) in [7, 11) is 0. The fourth-order valence-corrected chi connectivity index (χ4v) is 1.82. The topological polar surface area (TPSA) is 61.8 Å². The summed E-state index contributed by atoms with van der Waals surface area (Å²) in [5.41, 5.74) is 0. The summed E-state index contributed by atoms with van der Waals surface area (Å²) in [4.78, 5) is 12.7. The molecule has 2 N–H and O–H groups in total. The van der Waals surface area contributed by atoms with Gasteiger partial charge in [-0.15, -0.1) is 0 Å². The fourth-order valence-electron chi connectivity index (χ4n) is 1.82. The van der Waals surface area contributed by atoms with Gasteiger partial charge in [0.15, 0.2) is 0 Å². The Morgan fingerprint density at radius 1 is 1.50 bits per heavy atom. The molecule has 1 rings (SSSR count). The van der Waals surface area contributed by atoms with Crippen molar-refractivity contribution in [1.82, 2.24) is 10.2 Å². The molecule has 0 saturated carbocycles. The van der Waals surface area contributed by atoms with Gasteiger partial charge in [-0.1, -0.05) is 0 Å². The largest absolute Gasteiger partial charge is 0.480 e. The Balaban J connectivity index is 2.19. The maximum atomic E-state index is 11.8. The SMILES string of the molecule is O=C(O)C1CNCCN1CCCOCC(F)(F)F. The van der Waals surface area contributed by atoms with Crippen LogP contribution in [0.3, 0.4) is 0 Å². The first-order valence-corrected chi connectivity index (χ1v) is 5.72. The van der Waals surface area contributed by atoms with Gasteiger partial charge in [-0.3, -0.25) is 9.69 Å². The van der Waals surface area contributed by atoms with Crippen LogP contribution in [-0.2, 0) is 9.53 Å². The van der Waals surface area contributed by atoms with Crippen molar-refractivity contribution in [2.45, 2.75) is 18.6 Å². The molecule has 1 aliphatic heterocycles. The highest BCUT2D eigenvalue weighted by Crippen LogP contribution is 2.14. The van der Waals surface area contributed by atoms with Crippen LogP contribution in [0.15, 0.2) is 0 Å². The summed E-state index contributed by atoms with van der Waals surface area (Å²) in [5.74, 6) is -0.918. The van der Waals surface area contributed by atoms with Crippen LogP contribution in [0, 0.1) is 0 Å². The highest BCUT2D eigenvalue weighted by atomic mass is 19.4. The molecule has 0 aromatic rings. The first kappa shape index (κ1) is 15.2. The van der Waals surface area contributed by atoms with E-state index in [9.17, 15) is 18.0 Å². The van der Waals surface area contributed by atoms with Crippen molar-refractivity contribution >= 4 is 5.97 Å². The molecule has 8 heteroatoms. The first-order chi connectivity index (χ1) is 8.40. The van der Waals surface area contributed by atoms with E-state index in [0.717, 1.165) is 0 Å². The molecule has 0 amide bonds. The zero-order valence-corrected chi connectivity index (χ0v) is 9.87. The number of nitrogens with one attached hydrogen (secondary N) is 1. The van der Waals surface area contributed by atoms with E-state index in [2.05, 4.69) is 10.1 Å². The Hall–Kier alpha value is -0.860. The Bertz CT molecular complexity index is 274. The minimum atomic E-state index is -4.31. The summed E-state index contributed by atoms with van der Waals surface area (Å²) >= 11 is 0. The number of carboxylic acid groups (broad SMARTS) is 1. The second-order valence-corrected chi connectivity index (χ2v) is 4.12. The number of piperazine rings is 1. The number of hydrogen-bond acceptors (Lipinski definition) is 4. The molecule has 0 radical (unpaired) electrons. The van der Waals surface area contributed by atoms with E-state index in [4.69, 9.17) is 5.11 Å². The lowest BCUT2D eigenvalue weighted by atomic mass is 10.2. The molecule has 1 unspecified atom stereocenters. The second-order valence-electron chi connectivity index (χ2n) is 4.12. The van der Waals surface area contributed by atoms with Crippen LogP contribution in [0.5, 0.6) is 0 Å². The Morgan fingerprint density at radius 2 is 2.22 bits per heavy atom. The lowest BCUT2D eigenvalue weighted by molar-refractivity contribution is -0.174. The van der Waals surface area contributed by atoms with E-state index in [1.807, 2.05) is 0 Å². The Kier molecular flexibility index (Phi) is 5.83. The van der Waals surface area contributed by atoms with Crippen LogP contribution in [0.1, 0.15) is 6.42 Å². The number of carboxylic acids is 1. The highest BCUT2D eigenvalue weighted by molar-refractivity contribution is 5.73. The molecule has 1 saturated heterocycles.